The molecule has 3 nitrogen and oxygen atoms in total. The van der Waals surface area contributed by atoms with Crippen molar-refractivity contribution in [1.29, 1.82) is 0 Å². The Morgan fingerprint density at radius 3 is 2.71 bits per heavy atom. The molecule has 0 saturated carbocycles. The van der Waals surface area contributed by atoms with E-state index in [9.17, 15) is 4.79 Å². The molecule has 0 saturated heterocycles. The van der Waals surface area contributed by atoms with Gasteiger partial charge in [0.15, 0.2) is 0 Å². The summed E-state index contributed by atoms with van der Waals surface area (Å²) in [5.74, 6) is -0.00655. The van der Waals surface area contributed by atoms with Crippen LogP contribution in [-0.4, -0.2) is 19.5 Å². The lowest BCUT2D eigenvalue weighted by molar-refractivity contribution is 0.0951. The fourth-order valence-corrected chi connectivity index (χ4v) is 2.70. The lowest BCUT2D eigenvalue weighted by Crippen LogP contribution is -2.22. The van der Waals surface area contributed by atoms with E-state index in [0.29, 0.717) is 6.54 Å². The summed E-state index contributed by atoms with van der Waals surface area (Å²) in [6.07, 6.45) is 1.02. The molecule has 3 rings (SSSR count). The molecule has 0 radical (unpaired) electrons. The van der Waals surface area contributed by atoms with Gasteiger partial charge in [0.05, 0.1) is 0 Å². The predicted octanol–water partition coefficient (Wildman–Crippen LogP) is 2.92. The van der Waals surface area contributed by atoms with Crippen LogP contribution in [0.1, 0.15) is 27.0 Å². The standard InChI is InChI=1S/C18H20N2O/c1-13-3-5-14(6-4-13)12-19-18(21)16-7-8-17-15(11-16)9-10-20(17)2/h3-8,11H,9-10,12H2,1-2H3,(H,19,21). The average molecular weight is 280 g/mol. The van der Waals surface area contributed by atoms with Crippen molar-refractivity contribution in [3.63, 3.8) is 0 Å². The van der Waals surface area contributed by atoms with E-state index >= 15 is 0 Å². The average Bonchev–Trinajstić information content (AvgIpc) is 2.87. The highest BCUT2D eigenvalue weighted by atomic mass is 16.1. The van der Waals surface area contributed by atoms with E-state index in [4.69, 9.17) is 0 Å². The van der Waals surface area contributed by atoms with Gasteiger partial charge in [0.2, 0.25) is 0 Å². The van der Waals surface area contributed by atoms with Crippen LogP contribution in [0.3, 0.4) is 0 Å². The zero-order chi connectivity index (χ0) is 14.8. The van der Waals surface area contributed by atoms with Crippen LogP contribution in [0.15, 0.2) is 42.5 Å². The maximum Gasteiger partial charge on any atom is 0.251 e. The molecule has 1 aliphatic rings. The number of carbonyl (C=O) groups excluding carboxylic acids is 1. The molecule has 2 aromatic rings. The van der Waals surface area contributed by atoms with Crippen molar-refractivity contribution in [3.05, 3.63) is 64.7 Å². The maximum absolute atomic E-state index is 12.2. The Kier molecular flexibility index (Phi) is 3.65. The Morgan fingerprint density at radius 1 is 1.19 bits per heavy atom. The number of likely N-dealkylation sites (N-methyl/N-ethyl adjacent to an activating group) is 1. The minimum absolute atomic E-state index is 0.00655. The Hall–Kier alpha value is -2.29. The van der Waals surface area contributed by atoms with E-state index < -0.39 is 0 Å². The summed E-state index contributed by atoms with van der Waals surface area (Å²) in [5.41, 5.74) is 5.60. The zero-order valence-electron chi connectivity index (χ0n) is 12.5. The highest BCUT2D eigenvalue weighted by Gasteiger charge is 2.17. The van der Waals surface area contributed by atoms with Gasteiger partial charge in [-0.05, 0) is 42.7 Å². The van der Waals surface area contributed by atoms with Crippen LogP contribution < -0.4 is 10.2 Å². The normalized spacial score (nSPS) is 13.1. The third kappa shape index (κ3) is 2.92. The third-order valence-electron chi connectivity index (χ3n) is 4.04. The van der Waals surface area contributed by atoms with Gasteiger partial charge in [-0.2, -0.15) is 0 Å². The summed E-state index contributed by atoms with van der Waals surface area (Å²) in [4.78, 5) is 14.5. The molecule has 0 atom stereocenters. The Morgan fingerprint density at radius 2 is 1.95 bits per heavy atom. The second-order valence-electron chi connectivity index (χ2n) is 5.68. The lowest BCUT2D eigenvalue weighted by Gasteiger charge is -2.12. The van der Waals surface area contributed by atoms with Crippen molar-refractivity contribution < 1.29 is 4.79 Å². The van der Waals surface area contributed by atoms with Crippen molar-refractivity contribution in [2.24, 2.45) is 0 Å². The van der Waals surface area contributed by atoms with Crippen molar-refractivity contribution in [3.8, 4) is 0 Å². The first-order valence-corrected chi connectivity index (χ1v) is 7.31. The van der Waals surface area contributed by atoms with Gasteiger partial charge in [0.25, 0.3) is 5.91 Å². The Labute approximate surface area is 125 Å². The zero-order valence-corrected chi connectivity index (χ0v) is 12.5. The molecule has 3 heteroatoms. The molecule has 1 amide bonds. The van der Waals surface area contributed by atoms with Crippen LogP contribution in [0.4, 0.5) is 5.69 Å². The molecule has 1 heterocycles. The topological polar surface area (TPSA) is 32.3 Å². The van der Waals surface area contributed by atoms with Gasteiger partial charge < -0.3 is 10.2 Å². The summed E-state index contributed by atoms with van der Waals surface area (Å²) in [6.45, 7) is 3.66. The largest absolute Gasteiger partial charge is 0.374 e. The van der Waals surface area contributed by atoms with Crippen LogP contribution in [0.25, 0.3) is 0 Å². The summed E-state index contributed by atoms with van der Waals surface area (Å²) < 4.78 is 0. The molecule has 0 aromatic heterocycles. The fourth-order valence-electron chi connectivity index (χ4n) is 2.70. The summed E-state index contributed by atoms with van der Waals surface area (Å²) in [6, 6.07) is 14.2. The van der Waals surface area contributed by atoms with E-state index in [1.165, 1.54) is 16.8 Å². The Balaban J connectivity index is 1.67. The quantitative estimate of drug-likeness (QED) is 0.937. The first-order chi connectivity index (χ1) is 10.1. The fraction of sp³-hybridized carbons (Fsp3) is 0.278. The number of aryl methyl sites for hydroxylation is 1. The second-order valence-corrected chi connectivity index (χ2v) is 5.68. The van der Waals surface area contributed by atoms with Gasteiger partial charge in [-0.25, -0.2) is 0 Å². The summed E-state index contributed by atoms with van der Waals surface area (Å²) in [5, 5.41) is 2.98. The second kappa shape index (κ2) is 5.60. The predicted molar refractivity (Wildman–Crippen MR) is 85.8 cm³/mol. The minimum atomic E-state index is -0.00655. The molecular weight excluding hydrogens is 260 g/mol. The molecule has 21 heavy (non-hydrogen) atoms. The number of carbonyl (C=O) groups is 1. The third-order valence-corrected chi connectivity index (χ3v) is 4.04. The van der Waals surface area contributed by atoms with Gasteiger partial charge >= 0.3 is 0 Å². The van der Waals surface area contributed by atoms with Gasteiger partial charge in [0.1, 0.15) is 0 Å². The molecule has 0 unspecified atom stereocenters. The number of nitrogens with one attached hydrogen (secondary N) is 1. The number of nitrogens with zero attached hydrogens (tertiary/aromatic N) is 1. The molecule has 0 fully saturated rings. The van der Waals surface area contributed by atoms with E-state index in [2.05, 4.69) is 36.3 Å². The van der Waals surface area contributed by atoms with Crippen molar-refractivity contribution >= 4 is 11.6 Å². The van der Waals surface area contributed by atoms with Crippen LogP contribution >= 0.6 is 0 Å². The van der Waals surface area contributed by atoms with Crippen LogP contribution in [0.5, 0.6) is 0 Å². The molecular formula is C18H20N2O. The number of anilines is 1. The molecule has 0 bridgehead atoms. The molecule has 1 aliphatic heterocycles. The van der Waals surface area contributed by atoms with Crippen LogP contribution in [-0.2, 0) is 13.0 Å². The smallest absolute Gasteiger partial charge is 0.251 e. The maximum atomic E-state index is 12.2. The monoisotopic (exact) mass is 280 g/mol. The summed E-state index contributed by atoms with van der Waals surface area (Å²) in [7, 11) is 2.09. The number of rotatable bonds is 3. The van der Waals surface area contributed by atoms with Crippen molar-refractivity contribution in [2.45, 2.75) is 19.9 Å². The van der Waals surface area contributed by atoms with E-state index in [-0.39, 0.29) is 5.91 Å². The van der Waals surface area contributed by atoms with Gasteiger partial charge in [-0.15, -0.1) is 0 Å². The van der Waals surface area contributed by atoms with Gasteiger partial charge in [-0.3, -0.25) is 4.79 Å². The number of amides is 1. The first-order valence-electron chi connectivity index (χ1n) is 7.31. The molecule has 0 aliphatic carbocycles. The van der Waals surface area contributed by atoms with Crippen molar-refractivity contribution in [2.75, 3.05) is 18.5 Å². The van der Waals surface area contributed by atoms with Crippen molar-refractivity contribution in [1.82, 2.24) is 5.32 Å². The SMILES string of the molecule is Cc1ccc(CNC(=O)c2ccc3c(c2)CCN3C)cc1. The summed E-state index contributed by atoms with van der Waals surface area (Å²) >= 11 is 0. The van der Waals surface area contributed by atoms with E-state index in [0.717, 1.165) is 24.1 Å². The number of hydrogen-bond acceptors (Lipinski definition) is 2. The number of benzene rings is 2. The minimum Gasteiger partial charge on any atom is -0.374 e. The molecule has 0 spiro atoms. The Bertz CT molecular complexity index is 661. The van der Waals surface area contributed by atoms with Crippen LogP contribution in [0.2, 0.25) is 0 Å². The van der Waals surface area contributed by atoms with Crippen LogP contribution in [0, 0.1) is 6.92 Å². The highest BCUT2D eigenvalue weighted by Crippen LogP contribution is 2.27. The van der Waals surface area contributed by atoms with Gasteiger partial charge in [0, 0.05) is 31.4 Å². The molecule has 2 aromatic carbocycles. The highest BCUT2D eigenvalue weighted by molar-refractivity contribution is 5.95. The van der Waals surface area contributed by atoms with Gasteiger partial charge in [-0.1, -0.05) is 29.8 Å². The number of fused-ring (bicyclic) bond motifs is 1. The van der Waals surface area contributed by atoms with E-state index in [1.54, 1.807) is 0 Å². The molecule has 108 valence electrons. The lowest BCUT2D eigenvalue weighted by atomic mass is 10.1. The number of hydrogen-bond donors (Lipinski definition) is 1. The van der Waals surface area contributed by atoms with E-state index in [1.807, 2.05) is 30.3 Å². The first kappa shape index (κ1) is 13.7. The molecule has 1 N–H and O–H groups in total.